The van der Waals surface area contributed by atoms with Crippen molar-refractivity contribution in [2.45, 2.75) is 4.90 Å². The SMILES string of the molecule is CN(CC(=O)NNC(=O)c1ccc(Br)s1)S(=O)(=O)c1cccnc1. The topological polar surface area (TPSA) is 108 Å². The molecule has 0 aliphatic carbocycles. The van der Waals surface area contributed by atoms with Crippen LogP contribution in [-0.2, 0) is 14.8 Å². The third kappa shape index (κ3) is 4.60. The molecule has 0 aromatic carbocycles. The van der Waals surface area contributed by atoms with Crippen molar-refractivity contribution in [1.29, 1.82) is 0 Å². The molecule has 24 heavy (non-hydrogen) atoms. The average Bonchev–Trinajstić information content (AvgIpc) is 3.00. The van der Waals surface area contributed by atoms with Gasteiger partial charge < -0.3 is 0 Å². The lowest BCUT2D eigenvalue weighted by molar-refractivity contribution is -0.121. The van der Waals surface area contributed by atoms with E-state index in [-0.39, 0.29) is 4.90 Å². The number of nitrogens with one attached hydrogen (secondary N) is 2. The maximum Gasteiger partial charge on any atom is 0.279 e. The third-order valence-corrected chi connectivity index (χ3v) is 6.23. The number of nitrogens with zero attached hydrogens (tertiary/aromatic N) is 2. The molecular formula is C13H13BrN4O4S2. The number of sulfonamides is 1. The number of thiophene rings is 1. The predicted molar refractivity (Wildman–Crippen MR) is 91.7 cm³/mol. The molecule has 0 aliphatic heterocycles. The van der Waals surface area contributed by atoms with Crippen LogP contribution in [0.1, 0.15) is 9.67 Å². The second kappa shape index (κ2) is 7.83. The molecule has 8 nitrogen and oxygen atoms in total. The van der Waals surface area contributed by atoms with Gasteiger partial charge in [0, 0.05) is 19.4 Å². The molecule has 128 valence electrons. The summed E-state index contributed by atoms with van der Waals surface area (Å²) in [6, 6.07) is 6.16. The number of halogens is 1. The summed E-state index contributed by atoms with van der Waals surface area (Å²) in [5.41, 5.74) is 4.40. The fourth-order valence-corrected chi connectivity index (χ4v) is 4.00. The number of aromatic nitrogens is 1. The van der Waals surface area contributed by atoms with E-state index in [9.17, 15) is 18.0 Å². The maximum absolute atomic E-state index is 12.2. The summed E-state index contributed by atoms with van der Waals surface area (Å²) < 4.78 is 26.1. The second-order valence-corrected chi connectivity index (χ2v) is 9.06. The molecule has 0 fully saturated rings. The van der Waals surface area contributed by atoms with Gasteiger partial charge in [-0.05, 0) is 40.2 Å². The molecule has 2 heterocycles. The minimum Gasteiger partial charge on any atom is -0.272 e. The van der Waals surface area contributed by atoms with Gasteiger partial charge in [-0.1, -0.05) is 0 Å². The number of likely N-dealkylation sites (N-methyl/N-ethyl adjacent to an activating group) is 1. The van der Waals surface area contributed by atoms with E-state index >= 15 is 0 Å². The van der Waals surface area contributed by atoms with Crippen molar-refractivity contribution in [3.05, 3.63) is 45.3 Å². The van der Waals surface area contributed by atoms with Crippen LogP contribution in [0.5, 0.6) is 0 Å². The largest absolute Gasteiger partial charge is 0.279 e. The Labute approximate surface area is 151 Å². The Hall–Kier alpha value is -1.82. The zero-order valence-electron chi connectivity index (χ0n) is 12.4. The Balaban J connectivity index is 1.91. The van der Waals surface area contributed by atoms with Crippen LogP contribution in [-0.4, -0.2) is 43.1 Å². The molecule has 0 aliphatic rings. The van der Waals surface area contributed by atoms with Crippen LogP contribution in [0.3, 0.4) is 0 Å². The van der Waals surface area contributed by atoms with Crippen LogP contribution in [0.15, 0.2) is 45.3 Å². The molecule has 2 rings (SSSR count). The summed E-state index contributed by atoms with van der Waals surface area (Å²) in [6.07, 6.45) is 2.64. The Morgan fingerprint density at radius 2 is 2.04 bits per heavy atom. The van der Waals surface area contributed by atoms with E-state index < -0.39 is 28.4 Å². The van der Waals surface area contributed by atoms with Gasteiger partial charge in [0.15, 0.2) is 0 Å². The number of pyridine rings is 1. The average molecular weight is 433 g/mol. The van der Waals surface area contributed by atoms with Gasteiger partial charge in [-0.15, -0.1) is 11.3 Å². The Bertz CT molecular complexity index is 839. The number of amides is 2. The van der Waals surface area contributed by atoms with Gasteiger partial charge in [0.25, 0.3) is 11.8 Å². The fraction of sp³-hybridized carbons (Fsp3) is 0.154. The highest BCUT2D eigenvalue weighted by Gasteiger charge is 2.23. The molecule has 0 bridgehead atoms. The molecule has 0 atom stereocenters. The van der Waals surface area contributed by atoms with Gasteiger partial charge in [0.05, 0.1) is 15.2 Å². The lowest BCUT2D eigenvalue weighted by atomic mass is 10.4. The van der Waals surface area contributed by atoms with Crippen molar-refractivity contribution in [1.82, 2.24) is 20.1 Å². The molecule has 0 radical (unpaired) electrons. The molecule has 0 saturated heterocycles. The number of carbonyl (C=O) groups excluding carboxylic acids is 2. The van der Waals surface area contributed by atoms with Crippen LogP contribution < -0.4 is 10.9 Å². The number of hydrogen-bond acceptors (Lipinski definition) is 6. The molecule has 0 saturated carbocycles. The minimum absolute atomic E-state index is 0.0206. The van der Waals surface area contributed by atoms with Crippen molar-refractivity contribution in [2.24, 2.45) is 0 Å². The van der Waals surface area contributed by atoms with E-state index in [0.29, 0.717) is 4.88 Å². The van der Waals surface area contributed by atoms with E-state index in [4.69, 9.17) is 0 Å². The molecular weight excluding hydrogens is 420 g/mol. The Morgan fingerprint density at radius 3 is 2.62 bits per heavy atom. The number of hydrazine groups is 1. The van der Waals surface area contributed by atoms with Gasteiger partial charge in [0.2, 0.25) is 10.0 Å². The third-order valence-electron chi connectivity index (χ3n) is 2.82. The van der Waals surface area contributed by atoms with Crippen molar-refractivity contribution in [3.63, 3.8) is 0 Å². The van der Waals surface area contributed by atoms with E-state index in [1.807, 2.05) is 0 Å². The quantitative estimate of drug-likeness (QED) is 0.684. The first-order valence-electron chi connectivity index (χ1n) is 6.51. The molecule has 2 aromatic rings. The summed E-state index contributed by atoms with van der Waals surface area (Å²) in [5, 5.41) is 0. The smallest absolute Gasteiger partial charge is 0.272 e. The monoisotopic (exact) mass is 432 g/mol. The first-order chi connectivity index (χ1) is 11.3. The van der Waals surface area contributed by atoms with Crippen molar-refractivity contribution in [3.8, 4) is 0 Å². The summed E-state index contributed by atoms with van der Waals surface area (Å²) in [7, 11) is -2.56. The Morgan fingerprint density at radius 1 is 1.29 bits per heavy atom. The summed E-state index contributed by atoms with van der Waals surface area (Å²) in [5.74, 6) is -1.16. The first kappa shape index (κ1) is 18.5. The summed E-state index contributed by atoms with van der Waals surface area (Å²) in [6.45, 7) is -0.453. The van der Waals surface area contributed by atoms with Crippen molar-refractivity contribution in [2.75, 3.05) is 13.6 Å². The number of carbonyl (C=O) groups is 2. The van der Waals surface area contributed by atoms with Crippen LogP contribution >= 0.6 is 27.3 Å². The number of rotatable bonds is 5. The van der Waals surface area contributed by atoms with Gasteiger partial charge in [0.1, 0.15) is 4.90 Å². The molecule has 0 spiro atoms. The molecule has 11 heteroatoms. The molecule has 2 amide bonds. The first-order valence-corrected chi connectivity index (χ1v) is 9.56. The molecule has 2 N–H and O–H groups in total. The maximum atomic E-state index is 12.2. The zero-order valence-corrected chi connectivity index (χ0v) is 15.6. The van der Waals surface area contributed by atoms with Crippen LogP contribution in [0.25, 0.3) is 0 Å². The van der Waals surface area contributed by atoms with Crippen molar-refractivity contribution >= 4 is 49.1 Å². The highest BCUT2D eigenvalue weighted by atomic mass is 79.9. The predicted octanol–water partition coefficient (Wildman–Crippen LogP) is 0.987. The highest BCUT2D eigenvalue weighted by molar-refractivity contribution is 9.11. The van der Waals surface area contributed by atoms with Gasteiger partial charge in [-0.25, -0.2) is 8.42 Å². The van der Waals surface area contributed by atoms with Crippen LogP contribution in [0, 0.1) is 0 Å². The normalized spacial score (nSPS) is 11.3. The van der Waals surface area contributed by atoms with Gasteiger partial charge in [-0.3, -0.25) is 25.4 Å². The standard InChI is InChI=1S/C13H13BrN4O4S2/c1-18(24(21,22)9-3-2-6-15-7-9)8-12(19)16-17-13(20)10-4-5-11(14)23-10/h2-7H,8H2,1H3,(H,16,19)(H,17,20). The second-order valence-electron chi connectivity index (χ2n) is 4.56. The highest BCUT2D eigenvalue weighted by Crippen LogP contribution is 2.21. The minimum atomic E-state index is -3.83. The lowest BCUT2D eigenvalue weighted by Crippen LogP contribution is -2.46. The number of hydrogen-bond donors (Lipinski definition) is 2. The van der Waals surface area contributed by atoms with E-state index in [1.165, 1.54) is 42.9 Å². The Kier molecular flexibility index (Phi) is 6.04. The van der Waals surface area contributed by atoms with E-state index in [2.05, 4.69) is 31.8 Å². The van der Waals surface area contributed by atoms with Crippen LogP contribution in [0.4, 0.5) is 0 Å². The van der Waals surface area contributed by atoms with Crippen LogP contribution in [0.2, 0.25) is 0 Å². The van der Waals surface area contributed by atoms with E-state index in [1.54, 1.807) is 12.1 Å². The lowest BCUT2D eigenvalue weighted by Gasteiger charge is -2.16. The van der Waals surface area contributed by atoms with Gasteiger partial charge in [-0.2, -0.15) is 4.31 Å². The molecule has 2 aromatic heterocycles. The summed E-state index contributed by atoms with van der Waals surface area (Å²) in [4.78, 5) is 27.7. The van der Waals surface area contributed by atoms with E-state index in [0.717, 1.165) is 8.09 Å². The zero-order chi connectivity index (χ0) is 17.7. The van der Waals surface area contributed by atoms with Crippen molar-refractivity contribution < 1.29 is 18.0 Å². The fourth-order valence-electron chi connectivity index (χ4n) is 1.63. The summed E-state index contributed by atoms with van der Waals surface area (Å²) >= 11 is 4.43. The van der Waals surface area contributed by atoms with Gasteiger partial charge >= 0.3 is 0 Å². The molecule has 0 unspecified atom stereocenters.